The van der Waals surface area contributed by atoms with E-state index in [4.69, 9.17) is 4.74 Å². The van der Waals surface area contributed by atoms with E-state index in [0.717, 1.165) is 27.4 Å². The van der Waals surface area contributed by atoms with Crippen LogP contribution >= 0.6 is 0 Å². The molecule has 0 saturated heterocycles. The van der Waals surface area contributed by atoms with E-state index in [9.17, 15) is 13.2 Å². The van der Waals surface area contributed by atoms with E-state index in [1.807, 2.05) is 61.5 Å². The van der Waals surface area contributed by atoms with Crippen LogP contribution < -0.4 is 14.4 Å². The molecule has 3 rings (SSSR count). The van der Waals surface area contributed by atoms with Crippen LogP contribution in [0.3, 0.4) is 0 Å². The Kier molecular flexibility index (Phi) is 7.25. The van der Waals surface area contributed by atoms with Crippen molar-refractivity contribution in [1.82, 2.24) is 10.3 Å². The summed E-state index contributed by atoms with van der Waals surface area (Å²) in [6, 6.07) is 20.1. The predicted octanol–water partition coefficient (Wildman–Crippen LogP) is 3.05. The smallest absolute Gasteiger partial charge is 0.241 e. The zero-order valence-corrected chi connectivity index (χ0v) is 18.3. The van der Waals surface area contributed by atoms with Gasteiger partial charge in [0.1, 0.15) is 18.9 Å². The lowest BCUT2D eigenvalue weighted by atomic mass is 10.2. The van der Waals surface area contributed by atoms with Crippen LogP contribution in [0.2, 0.25) is 0 Å². The van der Waals surface area contributed by atoms with Crippen molar-refractivity contribution in [2.24, 2.45) is 0 Å². The maximum atomic E-state index is 12.4. The fraction of sp³-hybridized carbons (Fsp3) is 0.217. The number of aromatic nitrogens is 1. The Hall–Kier alpha value is -3.39. The zero-order chi connectivity index (χ0) is 22.3. The second kappa shape index (κ2) is 10.1. The van der Waals surface area contributed by atoms with Gasteiger partial charge in [-0.3, -0.25) is 14.1 Å². The van der Waals surface area contributed by atoms with E-state index in [-0.39, 0.29) is 19.0 Å². The highest BCUT2D eigenvalue weighted by molar-refractivity contribution is 7.92. The van der Waals surface area contributed by atoms with Crippen molar-refractivity contribution in [2.45, 2.75) is 20.1 Å². The Bertz CT molecular complexity index is 1120. The number of para-hydroxylation sites is 1. The fourth-order valence-corrected chi connectivity index (χ4v) is 3.87. The first-order valence-corrected chi connectivity index (χ1v) is 11.6. The summed E-state index contributed by atoms with van der Waals surface area (Å²) in [4.78, 5) is 16.6. The summed E-state index contributed by atoms with van der Waals surface area (Å²) in [5.74, 6) is 0.313. The van der Waals surface area contributed by atoms with Gasteiger partial charge in [-0.2, -0.15) is 0 Å². The summed E-state index contributed by atoms with van der Waals surface area (Å²) in [5.41, 5.74) is 2.99. The van der Waals surface area contributed by atoms with Crippen LogP contribution in [-0.4, -0.2) is 32.1 Å². The van der Waals surface area contributed by atoms with E-state index >= 15 is 0 Å². The largest absolute Gasteiger partial charge is 0.487 e. The molecule has 7 nitrogen and oxygen atoms in total. The van der Waals surface area contributed by atoms with Crippen molar-refractivity contribution in [3.05, 3.63) is 89.7 Å². The van der Waals surface area contributed by atoms with E-state index in [2.05, 4.69) is 10.3 Å². The minimum atomic E-state index is -3.60. The van der Waals surface area contributed by atoms with Crippen molar-refractivity contribution in [2.75, 3.05) is 17.1 Å². The predicted molar refractivity (Wildman–Crippen MR) is 120 cm³/mol. The monoisotopic (exact) mass is 439 g/mol. The number of pyridine rings is 1. The zero-order valence-electron chi connectivity index (χ0n) is 17.5. The Morgan fingerprint density at radius 2 is 1.74 bits per heavy atom. The third-order valence-electron chi connectivity index (χ3n) is 4.60. The second-order valence-corrected chi connectivity index (χ2v) is 8.99. The van der Waals surface area contributed by atoms with Gasteiger partial charge in [0.2, 0.25) is 15.9 Å². The van der Waals surface area contributed by atoms with Gasteiger partial charge in [0.15, 0.2) is 0 Å². The number of hydrogen-bond acceptors (Lipinski definition) is 5. The molecule has 0 bridgehead atoms. The number of benzene rings is 2. The van der Waals surface area contributed by atoms with Crippen LogP contribution in [0, 0.1) is 6.92 Å². The Morgan fingerprint density at radius 3 is 2.39 bits per heavy atom. The number of carbonyl (C=O) groups excluding carboxylic acids is 1. The van der Waals surface area contributed by atoms with Crippen molar-refractivity contribution >= 4 is 21.6 Å². The molecule has 8 heteroatoms. The molecule has 0 aliphatic heterocycles. The minimum Gasteiger partial charge on any atom is -0.487 e. The molecule has 0 aliphatic carbocycles. The fourth-order valence-electron chi connectivity index (χ4n) is 2.96. The van der Waals surface area contributed by atoms with Crippen molar-refractivity contribution in [3.63, 3.8) is 0 Å². The molecule has 162 valence electrons. The maximum absolute atomic E-state index is 12.4. The highest BCUT2D eigenvalue weighted by atomic mass is 32.2. The average Bonchev–Trinajstić information content (AvgIpc) is 2.76. The SMILES string of the molecule is Cc1ccccc1N(CC(=O)NCc1ccc(OCc2ccccn2)cc1)S(C)(=O)=O. The molecule has 0 aliphatic rings. The summed E-state index contributed by atoms with van der Waals surface area (Å²) < 4.78 is 31.3. The van der Waals surface area contributed by atoms with Crippen molar-refractivity contribution in [1.29, 1.82) is 0 Å². The third-order valence-corrected chi connectivity index (χ3v) is 5.72. The molecule has 2 aromatic carbocycles. The molecule has 1 heterocycles. The number of nitrogens with zero attached hydrogens (tertiary/aromatic N) is 2. The van der Waals surface area contributed by atoms with Gasteiger partial charge in [0.05, 0.1) is 17.6 Å². The highest BCUT2D eigenvalue weighted by Gasteiger charge is 2.21. The minimum absolute atomic E-state index is 0.282. The normalized spacial score (nSPS) is 11.0. The van der Waals surface area contributed by atoms with Gasteiger partial charge in [-0.05, 0) is 48.4 Å². The van der Waals surface area contributed by atoms with Gasteiger partial charge in [0, 0.05) is 12.7 Å². The lowest BCUT2D eigenvalue weighted by Gasteiger charge is -2.23. The molecule has 0 saturated carbocycles. The third kappa shape index (κ3) is 6.55. The van der Waals surface area contributed by atoms with Gasteiger partial charge in [-0.25, -0.2) is 8.42 Å². The average molecular weight is 440 g/mol. The summed E-state index contributed by atoms with van der Waals surface area (Å²) in [6.45, 7) is 2.18. The molecule has 0 unspecified atom stereocenters. The van der Waals surface area contributed by atoms with Crippen LogP contribution in [0.25, 0.3) is 0 Å². The first kappa shape index (κ1) is 22.3. The van der Waals surface area contributed by atoms with Gasteiger partial charge >= 0.3 is 0 Å². The van der Waals surface area contributed by atoms with E-state index in [1.165, 1.54) is 0 Å². The van der Waals surface area contributed by atoms with E-state index in [1.54, 1.807) is 18.3 Å². The van der Waals surface area contributed by atoms with Gasteiger partial charge in [-0.15, -0.1) is 0 Å². The van der Waals surface area contributed by atoms with E-state index in [0.29, 0.717) is 18.0 Å². The standard InChI is InChI=1S/C23H25N3O4S/c1-18-7-3-4-9-22(18)26(31(2,28)29)16-23(27)25-15-19-10-12-21(13-11-19)30-17-20-8-5-6-14-24-20/h3-14H,15-17H2,1-2H3,(H,25,27). The van der Waals surface area contributed by atoms with Gasteiger partial charge in [0.25, 0.3) is 0 Å². The van der Waals surface area contributed by atoms with Crippen molar-refractivity contribution in [3.8, 4) is 5.75 Å². The first-order valence-electron chi connectivity index (χ1n) is 9.74. The van der Waals surface area contributed by atoms with Crippen LogP contribution in [0.5, 0.6) is 5.75 Å². The second-order valence-electron chi connectivity index (χ2n) is 7.09. The number of anilines is 1. The Labute approximate surface area is 182 Å². The number of sulfonamides is 1. The molecule has 1 N–H and O–H groups in total. The molecule has 1 amide bonds. The number of hydrogen-bond donors (Lipinski definition) is 1. The number of nitrogens with one attached hydrogen (secondary N) is 1. The summed E-state index contributed by atoms with van der Waals surface area (Å²) in [7, 11) is -3.60. The van der Waals surface area contributed by atoms with Crippen LogP contribution in [0.1, 0.15) is 16.8 Å². The van der Waals surface area contributed by atoms with Crippen LogP contribution in [0.4, 0.5) is 5.69 Å². The topological polar surface area (TPSA) is 88.6 Å². The molecule has 31 heavy (non-hydrogen) atoms. The summed E-state index contributed by atoms with van der Waals surface area (Å²) in [6.07, 6.45) is 2.81. The van der Waals surface area contributed by atoms with Gasteiger partial charge in [-0.1, -0.05) is 36.4 Å². The molecule has 1 aromatic heterocycles. The molecule has 0 spiro atoms. The lowest BCUT2D eigenvalue weighted by molar-refractivity contribution is -0.119. The van der Waals surface area contributed by atoms with Crippen LogP contribution in [0.15, 0.2) is 72.9 Å². The highest BCUT2D eigenvalue weighted by Crippen LogP contribution is 2.21. The maximum Gasteiger partial charge on any atom is 0.241 e. The molecular weight excluding hydrogens is 414 g/mol. The number of aryl methyl sites for hydroxylation is 1. The molecular formula is C23H25N3O4S. The van der Waals surface area contributed by atoms with Crippen molar-refractivity contribution < 1.29 is 17.9 Å². The Balaban J connectivity index is 1.55. The lowest BCUT2D eigenvalue weighted by Crippen LogP contribution is -2.40. The molecule has 3 aromatic rings. The Morgan fingerprint density at radius 1 is 1.03 bits per heavy atom. The first-order chi connectivity index (χ1) is 14.8. The molecule has 0 atom stereocenters. The molecule has 0 fully saturated rings. The summed E-state index contributed by atoms with van der Waals surface area (Å²) in [5, 5.41) is 2.77. The summed E-state index contributed by atoms with van der Waals surface area (Å²) >= 11 is 0. The van der Waals surface area contributed by atoms with Gasteiger partial charge < -0.3 is 10.1 Å². The number of ether oxygens (including phenoxy) is 1. The van der Waals surface area contributed by atoms with Crippen LogP contribution in [-0.2, 0) is 28.0 Å². The van der Waals surface area contributed by atoms with E-state index < -0.39 is 10.0 Å². The number of rotatable bonds is 9. The number of amides is 1. The molecule has 0 radical (unpaired) electrons. The quantitative estimate of drug-likeness (QED) is 0.554. The number of carbonyl (C=O) groups is 1.